The topological polar surface area (TPSA) is 52.0 Å². The second-order valence-electron chi connectivity index (χ2n) is 22.5. The van der Waals surface area contributed by atoms with Crippen molar-refractivity contribution in [3.05, 3.63) is 133 Å². The van der Waals surface area contributed by atoms with Crippen molar-refractivity contribution < 1.29 is 0 Å². The highest BCUT2D eigenvalue weighted by molar-refractivity contribution is 6.35. The number of nitriles is 2. The molecule has 4 atom stereocenters. The van der Waals surface area contributed by atoms with Crippen LogP contribution in [0.3, 0.4) is 0 Å². The summed E-state index contributed by atoms with van der Waals surface area (Å²) in [5.41, 5.74) is 27.1. The van der Waals surface area contributed by atoms with Crippen LogP contribution in [0.2, 0.25) is 0 Å². The maximum Gasteiger partial charge on any atom is 0.0995 e. The van der Waals surface area contributed by atoms with Gasteiger partial charge in [0.05, 0.1) is 39.8 Å². The minimum Gasteiger partial charge on any atom is -0.308 e. The first-order valence-electron chi connectivity index (χ1n) is 25.1. The zero-order valence-electron chi connectivity index (χ0n) is 38.9. The Morgan fingerprint density at radius 2 is 0.692 bits per heavy atom. The van der Waals surface area contributed by atoms with Gasteiger partial charge in [-0.2, -0.15) is 10.5 Å². The van der Waals surface area contributed by atoms with E-state index in [0.717, 1.165) is 34.8 Å². The summed E-state index contributed by atoms with van der Waals surface area (Å²) < 4.78 is 2.64. The van der Waals surface area contributed by atoms with Crippen LogP contribution in [0.5, 0.6) is 0 Å². The Balaban J connectivity index is 1.35. The quantitative estimate of drug-likeness (QED) is 0.178. The molecule has 0 saturated heterocycles. The zero-order chi connectivity index (χ0) is 43.9. The van der Waals surface area contributed by atoms with Gasteiger partial charge in [0, 0.05) is 32.7 Å². The van der Waals surface area contributed by atoms with Gasteiger partial charge in [0.1, 0.15) is 0 Å². The first-order chi connectivity index (χ1) is 31.6. The van der Waals surface area contributed by atoms with Crippen LogP contribution in [-0.2, 0) is 0 Å². The van der Waals surface area contributed by atoms with Gasteiger partial charge in [-0.3, -0.25) is 0 Å². The molecule has 8 aromatic rings. The smallest absolute Gasteiger partial charge is 0.0995 e. The van der Waals surface area contributed by atoms with Crippen molar-refractivity contribution in [3.63, 3.8) is 0 Å². The SMILES string of the molecule is Cc1cccc(C)c1-c1c(-c2c(C)cccc2C)c2c3c4c(c(C#N)cc3n3c5cc(C#N)c6c(c5c(c1-c1c(C)cccc1C)c23)C1CC2CC(CC6C2)C1)C1CC2CC(C1)CC4C2. The molecule has 0 spiro atoms. The van der Waals surface area contributed by atoms with Gasteiger partial charge >= 0.3 is 0 Å². The molecular formula is C62H57N3. The van der Waals surface area contributed by atoms with E-state index in [-0.39, 0.29) is 0 Å². The number of hydrogen-bond donors (Lipinski definition) is 0. The summed E-state index contributed by atoms with van der Waals surface area (Å²) in [6.07, 6.45) is 12.4. The van der Waals surface area contributed by atoms with Gasteiger partial charge in [0.25, 0.3) is 0 Å². The Morgan fingerprint density at radius 1 is 0.385 bits per heavy atom. The lowest BCUT2D eigenvalue weighted by Crippen LogP contribution is -2.25. The van der Waals surface area contributed by atoms with Gasteiger partial charge < -0.3 is 4.40 Å². The summed E-state index contributed by atoms with van der Waals surface area (Å²) in [6.45, 7) is 14.0. The number of fused-ring (bicyclic) bond motifs is 6. The summed E-state index contributed by atoms with van der Waals surface area (Å²) in [6, 6.07) is 31.2. The van der Waals surface area contributed by atoms with Crippen LogP contribution >= 0.6 is 0 Å². The molecule has 6 aromatic carbocycles. The van der Waals surface area contributed by atoms with Crippen molar-refractivity contribution in [1.82, 2.24) is 4.40 Å². The van der Waals surface area contributed by atoms with E-state index < -0.39 is 0 Å². The monoisotopic (exact) mass is 843 g/mol. The van der Waals surface area contributed by atoms with E-state index in [4.69, 9.17) is 0 Å². The molecule has 320 valence electrons. The zero-order valence-corrected chi connectivity index (χ0v) is 38.9. The Bertz CT molecular complexity index is 3250. The molecule has 0 amide bonds. The molecule has 65 heavy (non-hydrogen) atoms. The molecule has 4 saturated carbocycles. The molecule has 8 aliphatic rings. The number of hydrogen-bond acceptors (Lipinski definition) is 2. The van der Waals surface area contributed by atoms with Crippen LogP contribution < -0.4 is 0 Å². The molecule has 0 radical (unpaired) electrons. The minimum absolute atomic E-state index is 0.427. The van der Waals surface area contributed by atoms with Crippen molar-refractivity contribution in [2.45, 2.75) is 129 Å². The molecular weight excluding hydrogens is 787 g/mol. The third-order valence-electron chi connectivity index (χ3n) is 18.8. The first kappa shape index (κ1) is 38.4. The van der Waals surface area contributed by atoms with E-state index in [9.17, 15) is 10.5 Å². The molecule has 8 bridgehead atoms. The van der Waals surface area contributed by atoms with E-state index in [2.05, 4.69) is 125 Å². The van der Waals surface area contributed by atoms with Crippen LogP contribution in [-0.4, -0.2) is 4.40 Å². The van der Waals surface area contributed by atoms with Crippen LogP contribution in [0.4, 0.5) is 0 Å². The van der Waals surface area contributed by atoms with E-state index in [1.54, 1.807) is 0 Å². The van der Waals surface area contributed by atoms with Crippen LogP contribution in [0.15, 0.2) is 66.7 Å². The second-order valence-corrected chi connectivity index (χ2v) is 22.5. The first-order valence-corrected chi connectivity index (χ1v) is 25.1. The van der Waals surface area contributed by atoms with Gasteiger partial charge in [-0.15, -0.1) is 0 Å². The Labute approximate surface area is 383 Å². The second kappa shape index (κ2) is 13.4. The van der Waals surface area contributed by atoms with Gasteiger partial charge in [0.15, 0.2) is 0 Å². The third kappa shape index (κ3) is 4.96. The van der Waals surface area contributed by atoms with E-state index in [1.807, 2.05) is 0 Å². The van der Waals surface area contributed by atoms with Crippen LogP contribution in [0, 0.1) is 87.9 Å². The third-order valence-corrected chi connectivity index (χ3v) is 18.8. The normalized spacial score (nSPS) is 26.0. The lowest BCUT2D eigenvalue weighted by atomic mass is 9.67. The Hall–Kier alpha value is -5.90. The fourth-order valence-electron chi connectivity index (χ4n) is 17.0. The summed E-state index contributed by atoms with van der Waals surface area (Å²) in [7, 11) is 0. The van der Waals surface area contributed by atoms with E-state index in [1.165, 1.54) is 191 Å². The molecule has 0 N–H and O–H groups in total. The fraction of sp³-hybridized carbons (Fsp3) is 0.387. The highest BCUT2D eigenvalue weighted by Crippen LogP contribution is 2.65. The standard InChI is InChI=1S/C62H57N3/c1-30-10-7-11-31(2)48(30)57-58(49-32(3)12-8-13-33(49)4)60-55-46(26-44(28-63)51-40-18-36-16-37(19-40)23-42(22-36)53(51)55)65-47-27-45(29-64)52-41-20-38-17-39(21-41)25-43(24-38)54(52)56(47)61(62(60)65)59(57)50-34(5)14-9-15-35(50)6/h7-15,26-27,36-43H,16-25H2,1-6H3. The van der Waals surface area contributed by atoms with Crippen molar-refractivity contribution in [2.75, 3.05) is 0 Å². The van der Waals surface area contributed by atoms with Crippen molar-refractivity contribution >= 4 is 38.1 Å². The lowest BCUT2D eigenvalue weighted by Gasteiger charge is -2.38. The predicted molar refractivity (Wildman–Crippen MR) is 266 cm³/mol. The van der Waals surface area contributed by atoms with Gasteiger partial charge in [-0.05, 0) is 243 Å². The van der Waals surface area contributed by atoms with Crippen molar-refractivity contribution in [2.24, 2.45) is 23.7 Å². The van der Waals surface area contributed by atoms with Crippen LogP contribution in [0.1, 0.15) is 155 Å². The molecule has 0 aliphatic heterocycles. The number of aryl methyl sites for hydroxylation is 6. The maximum atomic E-state index is 11.4. The molecule has 3 heteroatoms. The average Bonchev–Trinajstić information content (AvgIpc) is 3.64. The summed E-state index contributed by atoms with van der Waals surface area (Å²) in [5.74, 6) is 4.61. The Kier molecular flexibility index (Phi) is 7.88. The molecule has 2 aromatic heterocycles. The maximum absolute atomic E-state index is 11.4. The summed E-state index contributed by atoms with van der Waals surface area (Å²) in [4.78, 5) is 0. The number of rotatable bonds is 3. The van der Waals surface area contributed by atoms with Crippen molar-refractivity contribution in [1.29, 1.82) is 10.5 Å². The molecule has 3 nitrogen and oxygen atoms in total. The van der Waals surface area contributed by atoms with Crippen molar-refractivity contribution in [3.8, 4) is 45.5 Å². The summed E-state index contributed by atoms with van der Waals surface area (Å²) >= 11 is 0. The largest absolute Gasteiger partial charge is 0.308 e. The molecule has 16 rings (SSSR count). The summed E-state index contributed by atoms with van der Waals surface area (Å²) in [5, 5.41) is 28.4. The highest BCUT2D eigenvalue weighted by atomic mass is 14.9. The number of nitrogens with zero attached hydrogens (tertiary/aromatic N) is 3. The highest BCUT2D eigenvalue weighted by Gasteiger charge is 2.48. The average molecular weight is 844 g/mol. The Morgan fingerprint density at radius 3 is 1.02 bits per heavy atom. The number of benzene rings is 6. The molecule has 8 aliphatic carbocycles. The lowest BCUT2D eigenvalue weighted by molar-refractivity contribution is 0.166. The van der Waals surface area contributed by atoms with Crippen LogP contribution in [0.25, 0.3) is 71.5 Å². The van der Waals surface area contributed by atoms with E-state index in [0.29, 0.717) is 23.7 Å². The molecule has 4 unspecified atom stereocenters. The molecule has 2 heterocycles. The minimum atomic E-state index is 0.427. The number of aromatic nitrogens is 1. The molecule has 4 fully saturated rings. The van der Waals surface area contributed by atoms with Gasteiger partial charge in [-0.25, -0.2) is 0 Å². The van der Waals surface area contributed by atoms with Gasteiger partial charge in [-0.1, -0.05) is 54.6 Å². The predicted octanol–water partition coefficient (Wildman–Crippen LogP) is 16.2. The van der Waals surface area contributed by atoms with E-state index >= 15 is 0 Å². The van der Waals surface area contributed by atoms with Gasteiger partial charge in [0.2, 0.25) is 0 Å². The fourth-order valence-corrected chi connectivity index (χ4v) is 17.0.